The summed E-state index contributed by atoms with van der Waals surface area (Å²) in [4.78, 5) is 19.6. The van der Waals surface area contributed by atoms with Gasteiger partial charge in [0.05, 0.1) is 12.1 Å². The van der Waals surface area contributed by atoms with Gasteiger partial charge >= 0.3 is 0 Å². The number of hydrogen-bond donors (Lipinski definition) is 3. The molecule has 10 heteroatoms. The molecular weight excluding hydrogens is 430 g/mol. The van der Waals surface area contributed by atoms with Crippen LogP contribution in [0.3, 0.4) is 0 Å². The summed E-state index contributed by atoms with van der Waals surface area (Å²) in [5.41, 5.74) is 6.85. The first-order chi connectivity index (χ1) is 15.9. The molecule has 2 aromatic heterocycles. The molecule has 0 unspecified atom stereocenters. The van der Waals surface area contributed by atoms with Crippen LogP contribution in [0.1, 0.15) is 60.5 Å². The van der Waals surface area contributed by atoms with Crippen LogP contribution in [0.25, 0.3) is 5.65 Å². The topological polar surface area (TPSA) is 109 Å². The van der Waals surface area contributed by atoms with E-state index in [1.165, 1.54) is 10.6 Å². The molecule has 1 atom stereocenters. The summed E-state index contributed by atoms with van der Waals surface area (Å²) in [6.45, 7) is 0.624. The summed E-state index contributed by atoms with van der Waals surface area (Å²) in [7, 11) is 0. The third kappa shape index (κ3) is 4.10. The Morgan fingerprint density at radius 2 is 1.94 bits per heavy atom. The van der Waals surface area contributed by atoms with Gasteiger partial charge in [0, 0.05) is 24.3 Å². The number of benzene rings is 1. The smallest absolute Gasteiger partial charge is 0.259 e. The number of anilines is 2. The van der Waals surface area contributed by atoms with Crippen molar-refractivity contribution in [3.05, 3.63) is 53.2 Å². The van der Waals surface area contributed by atoms with Crippen LogP contribution < -0.4 is 16.0 Å². The molecule has 0 spiro atoms. The molecule has 1 amide bonds. The van der Waals surface area contributed by atoms with Gasteiger partial charge in [0.15, 0.2) is 11.5 Å². The van der Waals surface area contributed by atoms with Crippen LogP contribution in [0.5, 0.6) is 0 Å². The molecule has 2 fully saturated rings. The monoisotopic (exact) mass is 456 g/mol. The summed E-state index contributed by atoms with van der Waals surface area (Å²) in [6, 6.07) is 4.81. The van der Waals surface area contributed by atoms with Gasteiger partial charge in [0.2, 0.25) is 0 Å². The van der Waals surface area contributed by atoms with Crippen molar-refractivity contribution >= 4 is 23.2 Å². The Morgan fingerprint density at radius 3 is 2.73 bits per heavy atom. The van der Waals surface area contributed by atoms with Crippen LogP contribution in [-0.4, -0.2) is 44.3 Å². The first kappa shape index (κ1) is 21.6. The van der Waals surface area contributed by atoms with Crippen LogP contribution in [-0.2, 0) is 0 Å². The van der Waals surface area contributed by atoms with Crippen molar-refractivity contribution in [2.24, 2.45) is 0 Å². The highest BCUT2D eigenvalue weighted by Gasteiger charge is 2.31. The number of carbonyl (C=O) groups excluding carboxylic acids is 1. The van der Waals surface area contributed by atoms with Crippen LogP contribution in [0.2, 0.25) is 0 Å². The number of halogens is 2. The molecule has 3 heterocycles. The van der Waals surface area contributed by atoms with Gasteiger partial charge in [-0.2, -0.15) is 0 Å². The number of nitrogen functional groups attached to an aromatic ring is 1. The largest absolute Gasteiger partial charge is 0.393 e. The van der Waals surface area contributed by atoms with Crippen molar-refractivity contribution in [3.63, 3.8) is 0 Å². The molecule has 33 heavy (non-hydrogen) atoms. The van der Waals surface area contributed by atoms with Crippen LogP contribution in [0.15, 0.2) is 30.5 Å². The molecule has 1 aliphatic carbocycles. The van der Waals surface area contributed by atoms with Crippen molar-refractivity contribution in [3.8, 4) is 0 Å². The second-order valence-electron chi connectivity index (χ2n) is 8.81. The lowest BCUT2D eigenvalue weighted by atomic mass is 9.93. The van der Waals surface area contributed by atoms with E-state index in [1.54, 1.807) is 12.3 Å². The van der Waals surface area contributed by atoms with Gasteiger partial charge in [-0.05, 0) is 62.8 Å². The number of nitrogens with zero attached hydrogens (tertiary/aromatic N) is 4. The Hall–Kier alpha value is -3.27. The molecule has 5 rings (SSSR count). The fourth-order valence-electron chi connectivity index (χ4n) is 4.93. The van der Waals surface area contributed by atoms with Crippen molar-refractivity contribution in [1.29, 1.82) is 0 Å². The standard InChI is InChI=1S/C23H26F2N6O2/c24-13-3-8-17(25)16(12-13)18-2-1-10-30(18)19-9-11-31-22(28-19)20(21(26)29-31)23(33)27-14-4-6-15(32)7-5-14/h3,8-9,11-12,14-15,18,32H,1-2,4-7,10H2,(H2,26,29)(H,27,33)/t14-,15-,18-/m1/s1. The molecule has 174 valence electrons. The van der Waals surface area contributed by atoms with E-state index in [4.69, 9.17) is 5.73 Å². The van der Waals surface area contributed by atoms with E-state index < -0.39 is 11.6 Å². The van der Waals surface area contributed by atoms with E-state index in [0.29, 0.717) is 55.7 Å². The van der Waals surface area contributed by atoms with Gasteiger partial charge in [-0.3, -0.25) is 4.79 Å². The lowest BCUT2D eigenvalue weighted by Crippen LogP contribution is -2.38. The Morgan fingerprint density at radius 1 is 1.15 bits per heavy atom. The normalized spacial score (nSPS) is 23.2. The fraction of sp³-hybridized carbons (Fsp3) is 0.435. The summed E-state index contributed by atoms with van der Waals surface area (Å²) in [5.74, 6) is -0.687. The van der Waals surface area contributed by atoms with Crippen LogP contribution in [0, 0.1) is 11.6 Å². The number of aliphatic hydroxyl groups is 1. The minimum absolute atomic E-state index is 0.0441. The summed E-state index contributed by atoms with van der Waals surface area (Å²) < 4.78 is 29.7. The zero-order valence-electron chi connectivity index (χ0n) is 18.0. The van der Waals surface area contributed by atoms with Crippen molar-refractivity contribution in [2.45, 2.75) is 56.7 Å². The van der Waals surface area contributed by atoms with Crippen molar-refractivity contribution in [2.75, 3.05) is 17.2 Å². The predicted molar refractivity (Wildman–Crippen MR) is 119 cm³/mol. The Labute approximate surface area is 189 Å². The first-order valence-corrected chi connectivity index (χ1v) is 11.3. The lowest BCUT2D eigenvalue weighted by molar-refractivity contribution is 0.0869. The molecule has 8 nitrogen and oxygen atoms in total. The second kappa shape index (κ2) is 8.58. The lowest BCUT2D eigenvalue weighted by Gasteiger charge is -2.27. The van der Waals surface area contributed by atoms with Gasteiger partial charge in [0.1, 0.15) is 23.0 Å². The van der Waals surface area contributed by atoms with Gasteiger partial charge in [-0.25, -0.2) is 18.3 Å². The van der Waals surface area contributed by atoms with Crippen LogP contribution in [0.4, 0.5) is 20.4 Å². The molecule has 3 aromatic rings. The molecule has 1 saturated carbocycles. The van der Waals surface area contributed by atoms with Crippen molar-refractivity contribution < 1.29 is 18.7 Å². The Bertz CT molecular complexity index is 1190. The number of rotatable bonds is 4. The number of hydrogen-bond acceptors (Lipinski definition) is 6. The predicted octanol–water partition coefficient (Wildman–Crippen LogP) is 2.96. The second-order valence-corrected chi connectivity index (χ2v) is 8.81. The third-order valence-corrected chi connectivity index (χ3v) is 6.62. The van der Waals surface area contributed by atoms with E-state index >= 15 is 0 Å². The highest BCUT2D eigenvalue weighted by atomic mass is 19.1. The molecule has 0 bridgehead atoms. The van der Waals surface area contributed by atoms with E-state index in [1.807, 2.05) is 4.90 Å². The van der Waals surface area contributed by atoms with Gasteiger partial charge in [-0.1, -0.05) is 0 Å². The zero-order chi connectivity index (χ0) is 23.1. The minimum Gasteiger partial charge on any atom is -0.393 e. The number of nitrogens with two attached hydrogens (primary N) is 1. The molecule has 0 radical (unpaired) electrons. The zero-order valence-corrected chi connectivity index (χ0v) is 18.0. The van der Waals surface area contributed by atoms with Gasteiger partial charge in [0.25, 0.3) is 5.91 Å². The van der Waals surface area contributed by atoms with E-state index in [2.05, 4.69) is 15.4 Å². The molecular formula is C23H26F2N6O2. The molecule has 2 aliphatic rings. The van der Waals surface area contributed by atoms with E-state index in [-0.39, 0.29) is 35.5 Å². The Kier molecular flexibility index (Phi) is 5.61. The quantitative estimate of drug-likeness (QED) is 0.557. The number of carbonyl (C=O) groups is 1. The minimum atomic E-state index is -0.487. The number of aliphatic hydroxyl groups excluding tert-OH is 1. The molecule has 1 saturated heterocycles. The van der Waals surface area contributed by atoms with Gasteiger partial charge in [-0.15, -0.1) is 5.10 Å². The average molecular weight is 456 g/mol. The first-order valence-electron chi connectivity index (χ1n) is 11.3. The molecule has 4 N–H and O–H groups in total. The number of amides is 1. The number of fused-ring (bicyclic) bond motifs is 1. The van der Waals surface area contributed by atoms with E-state index in [0.717, 1.165) is 18.6 Å². The van der Waals surface area contributed by atoms with Gasteiger partial charge < -0.3 is 21.1 Å². The molecule has 1 aliphatic heterocycles. The number of nitrogens with one attached hydrogen (secondary N) is 1. The maximum Gasteiger partial charge on any atom is 0.259 e. The fourth-order valence-corrected chi connectivity index (χ4v) is 4.93. The summed E-state index contributed by atoms with van der Waals surface area (Å²) >= 11 is 0. The van der Waals surface area contributed by atoms with Crippen molar-refractivity contribution in [1.82, 2.24) is 19.9 Å². The average Bonchev–Trinajstić information content (AvgIpc) is 3.40. The highest BCUT2D eigenvalue weighted by molar-refractivity contribution is 6.04. The molecule has 1 aromatic carbocycles. The Balaban J connectivity index is 1.45. The van der Waals surface area contributed by atoms with Crippen LogP contribution >= 0.6 is 0 Å². The maximum atomic E-state index is 14.5. The SMILES string of the molecule is Nc1nn2ccc(N3CCC[C@@H]3c3cc(F)ccc3F)nc2c1C(=O)N[C@H]1CC[C@H](O)CC1. The third-order valence-electron chi connectivity index (χ3n) is 6.62. The number of aromatic nitrogens is 3. The summed E-state index contributed by atoms with van der Waals surface area (Å²) in [5, 5.41) is 16.9. The van der Waals surface area contributed by atoms with E-state index in [9.17, 15) is 18.7 Å². The maximum absolute atomic E-state index is 14.5. The highest BCUT2D eigenvalue weighted by Crippen LogP contribution is 2.37. The summed E-state index contributed by atoms with van der Waals surface area (Å²) in [6.07, 6.45) is 5.49.